The number of nitrogens with one attached hydrogen (secondary N) is 1. The van der Waals surface area contributed by atoms with Gasteiger partial charge in [0.05, 0.1) is 0 Å². The van der Waals surface area contributed by atoms with Gasteiger partial charge < -0.3 is 10.4 Å². The van der Waals surface area contributed by atoms with E-state index >= 15 is 0 Å². The smallest absolute Gasteiger partial charge is 0.303 e. The van der Waals surface area contributed by atoms with Gasteiger partial charge in [-0.2, -0.15) is 0 Å². The van der Waals surface area contributed by atoms with Crippen LogP contribution in [0.4, 0.5) is 0 Å². The summed E-state index contributed by atoms with van der Waals surface area (Å²) in [5, 5.41) is 11.9. The van der Waals surface area contributed by atoms with Gasteiger partial charge in [0.25, 0.3) is 0 Å². The van der Waals surface area contributed by atoms with Gasteiger partial charge in [0.15, 0.2) is 0 Å². The minimum Gasteiger partial charge on any atom is -0.481 e. The normalized spacial score (nSPS) is 18.8. The maximum Gasteiger partial charge on any atom is 0.303 e. The Morgan fingerprint density at radius 2 is 2.12 bits per heavy atom. The lowest BCUT2D eigenvalue weighted by molar-refractivity contribution is -0.137. The highest BCUT2D eigenvalue weighted by Gasteiger charge is 2.15. The van der Waals surface area contributed by atoms with Crippen LogP contribution in [0.15, 0.2) is 0 Å². The van der Waals surface area contributed by atoms with Crippen molar-refractivity contribution in [1.29, 1.82) is 0 Å². The summed E-state index contributed by atoms with van der Waals surface area (Å²) < 4.78 is 0. The molecule has 0 spiro atoms. The second kappa shape index (κ2) is 7.66. The first kappa shape index (κ1) is 13.5. The largest absolute Gasteiger partial charge is 0.481 e. The minimum atomic E-state index is -0.694. The van der Waals surface area contributed by atoms with Crippen LogP contribution < -0.4 is 5.32 Å². The van der Waals surface area contributed by atoms with Crippen molar-refractivity contribution >= 4 is 5.97 Å². The first-order valence-electron chi connectivity index (χ1n) is 6.63. The lowest BCUT2D eigenvalue weighted by Gasteiger charge is -2.15. The Hall–Kier alpha value is -0.570. The topological polar surface area (TPSA) is 49.3 Å². The molecule has 0 saturated heterocycles. The number of aliphatic carboxylic acids is 1. The van der Waals surface area contributed by atoms with Crippen LogP contribution in [-0.4, -0.2) is 23.7 Å². The van der Waals surface area contributed by atoms with Crippen LogP contribution in [0, 0.1) is 5.92 Å². The third-order valence-corrected chi connectivity index (χ3v) is 3.54. The molecule has 0 radical (unpaired) electrons. The standard InChI is InChI=1S/C13H25NO2/c1-11(14-10-4-7-13(15)16)8-9-12-5-2-3-6-12/h11-12,14H,2-10H2,1H3,(H,15,16). The fourth-order valence-electron chi connectivity index (χ4n) is 2.47. The van der Waals surface area contributed by atoms with E-state index in [-0.39, 0.29) is 6.42 Å². The summed E-state index contributed by atoms with van der Waals surface area (Å²) in [5.41, 5.74) is 0. The Bertz CT molecular complexity index is 200. The van der Waals surface area contributed by atoms with Crippen LogP contribution in [0.5, 0.6) is 0 Å². The number of hydrogen-bond acceptors (Lipinski definition) is 2. The zero-order valence-electron chi connectivity index (χ0n) is 10.4. The third kappa shape index (κ3) is 6.11. The van der Waals surface area contributed by atoms with Gasteiger partial charge in [0.2, 0.25) is 0 Å². The predicted octanol–water partition coefficient (Wildman–Crippen LogP) is 2.80. The molecule has 0 aromatic carbocycles. The van der Waals surface area contributed by atoms with Gasteiger partial charge >= 0.3 is 5.97 Å². The summed E-state index contributed by atoms with van der Waals surface area (Å²) in [6.07, 6.45) is 9.28. The van der Waals surface area contributed by atoms with Crippen molar-refractivity contribution < 1.29 is 9.90 Å². The quantitative estimate of drug-likeness (QED) is 0.627. The maximum atomic E-state index is 10.3. The van der Waals surface area contributed by atoms with Gasteiger partial charge in [-0.05, 0) is 38.6 Å². The average Bonchev–Trinajstić information content (AvgIpc) is 2.74. The third-order valence-electron chi connectivity index (χ3n) is 3.54. The monoisotopic (exact) mass is 227 g/mol. The molecule has 1 unspecified atom stereocenters. The zero-order chi connectivity index (χ0) is 11.8. The molecule has 1 atom stereocenters. The highest BCUT2D eigenvalue weighted by Crippen LogP contribution is 2.28. The number of rotatable bonds is 8. The fourth-order valence-corrected chi connectivity index (χ4v) is 2.47. The molecule has 1 aliphatic rings. The van der Waals surface area contributed by atoms with Crippen molar-refractivity contribution in [3.63, 3.8) is 0 Å². The molecule has 1 fully saturated rings. The Kier molecular flexibility index (Phi) is 6.46. The SMILES string of the molecule is CC(CCC1CCCC1)NCCCC(=O)O. The van der Waals surface area contributed by atoms with Crippen LogP contribution in [-0.2, 0) is 4.79 Å². The minimum absolute atomic E-state index is 0.280. The molecule has 0 bridgehead atoms. The van der Waals surface area contributed by atoms with Crippen LogP contribution in [0.2, 0.25) is 0 Å². The lowest BCUT2D eigenvalue weighted by atomic mass is 9.99. The lowest BCUT2D eigenvalue weighted by Crippen LogP contribution is -2.27. The van der Waals surface area contributed by atoms with Crippen molar-refractivity contribution in [2.45, 2.75) is 64.3 Å². The number of hydrogen-bond donors (Lipinski definition) is 2. The molecule has 94 valence electrons. The maximum absolute atomic E-state index is 10.3. The van der Waals surface area contributed by atoms with Gasteiger partial charge in [-0.3, -0.25) is 4.79 Å². The summed E-state index contributed by atoms with van der Waals surface area (Å²) in [7, 11) is 0. The van der Waals surface area contributed by atoms with Crippen LogP contribution >= 0.6 is 0 Å². The molecule has 0 amide bonds. The van der Waals surface area contributed by atoms with E-state index in [2.05, 4.69) is 12.2 Å². The number of carboxylic acids is 1. The van der Waals surface area contributed by atoms with E-state index in [1.807, 2.05) is 0 Å². The van der Waals surface area contributed by atoms with Crippen molar-refractivity contribution in [2.75, 3.05) is 6.54 Å². The van der Waals surface area contributed by atoms with Crippen molar-refractivity contribution in [3.8, 4) is 0 Å². The van der Waals surface area contributed by atoms with Crippen LogP contribution in [0.25, 0.3) is 0 Å². The van der Waals surface area contributed by atoms with Crippen molar-refractivity contribution in [2.24, 2.45) is 5.92 Å². The average molecular weight is 227 g/mol. The molecular weight excluding hydrogens is 202 g/mol. The fraction of sp³-hybridized carbons (Fsp3) is 0.923. The first-order valence-corrected chi connectivity index (χ1v) is 6.63. The molecule has 0 aliphatic heterocycles. The number of carboxylic acid groups (broad SMARTS) is 1. The summed E-state index contributed by atoms with van der Waals surface area (Å²) in [6, 6.07) is 0.536. The summed E-state index contributed by atoms with van der Waals surface area (Å²) in [6.45, 7) is 3.04. The molecule has 3 nitrogen and oxygen atoms in total. The Morgan fingerprint density at radius 3 is 2.75 bits per heavy atom. The van der Waals surface area contributed by atoms with Gasteiger partial charge in [-0.25, -0.2) is 0 Å². The van der Waals surface area contributed by atoms with E-state index in [0.717, 1.165) is 18.9 Å². The van der Waals surface area contributed by atoms with E-state index in [1.54, 1.807) is 0 Å². The van der Waals surface area contributed by atoms with E-state index in [1.165, 1.54) is 38.5 Å². The molecule has 16 heavy (non-hydrogen) atoms. The first-order chi connectivity index (χ1) is 7.68. The number of carbonyl (C=O) groups is 1. The molecule has 3 heteroatoms. The van der Waals surface area contributed by atoms with E-state index in [4.69, 9.17) is 5.11 Å². The molecule has 0 heterocycles. The highest BCUT2D eigenvalue weighted by atomic mass is 16.4. The van der Waals surface area contributed by atoms with E-state index in [9.17, 15) is 4.79 Å². The molecule has 1 saturated carbocycles. The van der Waals surface area contributed by atoms with Crippen molar-refractivity contribution in [3.05, 3.63) is 0 Å². The summed E-state index contributed by atoms with van der Waals surface area (Å²) >= 11 is 0. The van der Waals surface area contributed by atoms with Crippen LogP contribution in [0.1, 0.15) is 58.3 Å². The predicted molar refractivity (Wildman–Crippen MR) is 65.5 cm³/mol. The van der Waals surface area contributed by atoms with Gasteiger partial charge in [0.1, 0.15) is 0 Å². The molecule has 1 rings (SSSR count). The zero-order valence-corrected chi connectivity index (χ0v) is 10.4. The van der Waals surface area contributed by atoms with Gasteiger partial charge in [-0.1, -0.05) is 25.7 Å². The Morgan fingerprint density at radius 1 is 1.44 bits per heavy atom. The Balaban J connectivity index is 1.93. The second-order valence-electron chi connectivity index (χ2n) is 5.08. The van der Waals surface area contributed by atoms with E-state index < -0.39 is 5.97 Å². The molecule has 0 aromatic rings. The second-order valence-corrected chi connectivity index (χ2v) is 5.08. The van der Waals surface area contributed by atoms with Crippen molar-refractivity contribution in [1.82, 2.24) is 5.32 Å². The Labute approximate surface area is 98.6 Å². The molecule has 0 aromatic heterocycles. The summed E-state index contributed by atoms with van der Waals surface area (Å²) in [5.74, 6) is 0.267. The highest BCUT2D eigenvalue weighted by molar-refractivity contribution is 5.66. The molecule has 2 N–H and O–H groups in total. The van der Waals surface area contributed by atoms with Crippen LogP contribution in [0.3, 0.4) is 0 Å². The van der Waals surface area contributed by atoms with Gasteiger partial charge in [0, 0.05) is 12.5 Å². The summed E-state index contributed by atoms with van der Waals surface area (Å²) in [4.78, 5) is 10.3. The van der Waals surface area contributed by atoms with Gasteiger partial charge in [-0.15, -0.1) is 0 Å². The van der Waals surface area contributed by atoms with E-state index in [0.29, 0.717) is 6.04 Å². The molecular formula is C13H25NO2. The molecule has 1 aliphatic carbocycles.